The zero-order chi connectivity index (χ0) is 19.5. The largest absolute Gasteiger partial charge is 0.490 e. The summed E-state index contributed by atoms with van der Waals surface area (Å²) in [5.74, 6) is -0.381. The van der Waals surface area contributed by atoms with Crippen LogP contribution in [0.2, 0.25) is 5.02 Å². The van der Waals surface area contributed by atoms with Crippen molar-refractivity contribution in [1.29, 1.82) is 0 Å². The van der Waals surface area contributed by atoms with Gasteiger partial charge in [0.15, 0.2) is 16.7 Å². The number of ether oxygens (including phenoxy) is 1. The lowest BCUT2D eigenvalue weighted by Crippen LogP contribution is -2.48. The number of hydrogen-bond donors (Lipinski definition) is 2. The molecule has 0 spiro atoms. The molecule has 2 unspecified atom stereocenters. The van der Waals surface area contributed by atoms with Crippen LogP contribution in [0.4, 0.5) is 4.39 Å². The summed E-state index contributed by atoms with van der Waals surface area (Å²) in [6.07, 6.45) is 1.85. The van der Waals surface area contributed by atoms with E-state index in [-0.39, 0.29) is 24.8 Å². The van der Waals surface area contributed by atoms with Crippen LogP contribution in [0.3, 0.4) is 0 Å². The molecule has 0 aliphatic carbocycles. The van der Waals surface area contributed by atoms with Gasteiger partial charge in [0.05, 0.1) is 18.8 Å². The van der Waals surface area contributed by atoms with Crippen molar-refractivity contribution >= 4 is 24.2 Å². The molecule has 2 aromatic rings. The summed E-state index contributed by atoms with van der Waals surface area (Å²) in [5, 5.41) is 16.2. The van der Waals surface area contributed by atoms with Gasteiger partial charge in [-0.15, -0.1) is 12.6 Å². The third-order valence-electron chi connectivity index (χ3n) is 4.51. The maximum Gasteiger partial charge on any atom is 0.183 e. The van der Waals surface area contributed by atoms with Gasteiger partial charge in [-0.25, -0.2) is 14.1 Å². The van der Waals surface area contributed by atoms with Crippen LogP contribution in [0.25, 0.3) is 0 Å². The normalized spacial score (nSPS) is 15.5. The molecular formula is C18H25ClFN3O2S. The first-order valence-corrected chi connectivity index (χ1v) is 9.21. The SMILES string of the molecule is CC(COc1ccc(Cl)cc1F)CC(O)(Cn1ncnc1S)C(C)(C)C. The summed E-state index contributed by atoms with van der Waals surface area (Å²) in [6.45, 7) is 8.38. The van der Waals surface area contributed by atoms with Crippen molar-refractivity contribution in [3.63, 3.8) is 0 Å². The fraction of sp³-hybridized carbons (Fsp3) is 0.556. The van der Waals surface area contributed by atoms with Crippen LogP contribution >= 0.6 is 24.2 Å². The molecule has 8 heteroatoms. The van der Waals surface area contributed by atoms with E-state index in [1.54, 1.807) is 10.7 Å². The van der Waals surface area contributed by atoms with Crippen molar-refractivity contribution in [2.24, 2.45) is 11.3 Å². The Morgan fingerprint density at radius 2 is 2.08 bits per heavy atom. The highest BCUT2D eigenvalue weighted by atomic mass is 35.5. The van der Waals surface area contributed by atoms with Crippen molar-refractivity contribution in [2.45, 2.75) is 51.4 Å². The number of rotatable bonds is 7. The third kappa shape index (κ3) is 5.11. The Morgan fingerprint density at radius 1 is 1.38 bits per heavy atom. The van der Waals surface area contributed by atoms with Gasteiger partial charge in [0.2, 0.25) is 0 Å². The minimum absolute atomic E-state index is 0.0267. The van der Waals surface area contributed by atoms with E-state index >= 15 is 0 Å². The minimum Gasteiger partial charge on any atom is -0.490 e. The number of benzene rings is 1. The molecule has 0 saturated carbocycles. The molecule has 1 N–H and O–H groups in total. The average molecular weight is 402 g/mol. The van der Waals surface area contributed by atoms with Crippen molar-refractivity contribution in [3.8, 4) is 5.75 Å². The number of aliphatic hydroxyl groups is 1. The molecule has 0 fully saturated rings. The van der Waals surface area contributed by atoms with Gasteiger partial charge < -0.3 is 9.84 Å². The molecule has 0 amide bonds. The smallest absolute Gasteiger partial charge is 0.183 e. The number of thiol groups is 1. The molecule has 1 heterocycles. The van der Waals surface area contributed by atoms with Gasteiger partial charge in [-0.1, -0.05) is 39.3 Å². The zero-order valence-electron chi connectivity index (χ0n) is 15.4. The van der Waals surface area contributed by atoms with Crippen molar-refractivity contribution in [3.05, 3.63) is 35.4 Å². The Kier molecular flexibility index (Phi) is 6.58. The first-order chi connectivity index (χ1) is 12.0. The van der Waals surface area contributed by atoms with Gasteiger partial charge >= 0.3 is 0 Å². The fourth-order valence-electron chi connectivity index (χ4n) is 2.68. The van der Waals surface area contributed by atoms with E-state index in [4.69, 9.17) is 16.3 Å². The predicted octanol–water partition coefficient (Wildman–Crippen LogP) is 4.24. The molecule has 2 atom stereocenters. The van der Waals surface area contributed by atoms with Gasteiger partial charge in [0.25, 0.3) is 0 Å². The van der Waals surface area contributed by atoms with E-state index in [9.17, 15) is 9.50 Å². The van der Waals surface area contributed by atoms with E-state index in [1.165, 1.54) is 18.5 Å². The van der Waals surface area contributed by atoms with E-state index in [0.29, 0.717) is 16.6 Å². The molecule has 0 aliphatic rings. The summed E-state index contributed by atoms with van der Waals surface area (Å²) >= 11 is 10.0. The van der Waals surface area contributed by atoms with Gasteiger partial charge in [-0.2, -0.15) is 5.10 Å². The molecule has 26 heavy (non-hydrogen) atoms. The lowest BCUT2D eigenvalue weighted by Gasteiger charge is -2.42. The predicted molar refractivity (Wildman–Crippen MR) is 102 cm³/mol. The standard InChI is InChI=1S/C18H25ClFN3O2S/c1-12(9-25-15-6-5-13(19)7-14(15)20)8-18(24,17(2,3)4)10-23-16(26)21-11-22-23/h5-7,11-12,24H,8-10H2,1-4H3,(H,21,22,26). The van der Waals surface area contributed by atoms with Crippen LogP contribution in [-0.2, 0) is 6.54 Å². The number of halogens is 2. The highest BCUT2D eigenvalue weighted by molar-refractivity contribution is 7.80. The van der Waals surface area contributed by atoms with Crippen molar-refractivity contribution in [2.75, 3.05) is 6.61 Å². The molecule has 144 valence electrons. The molecule has 0 bridgehead atoms. The van der Waals surface area contributed by atoms with Gasteiger partial charge in [-0.05, 0) is 36.0 Å². The molecular weight excluding hydrogens is 377 g/mol. The number of aromatic nitrogens is 3. The lowest BCUT2D eigenvalue weighted by atomic mass is 9.72. The summed E-state index contributed by atoms with van der Waals surface area (Å²) in [7, 11) is 0. The second-order valence-electron chi connectivity index (χ2n) is 7.69. The Morgan fingerprint density at radius 3 is 2.62 bits per heavy atom. The monoisotopic (exact) mass is 401 g/mol. The van der Waals surface area contributed by atoms with Crippen LogP contribution in [0.1, 0.15) is 34.1 Å². The molecule has 1 aromatic heterocycles. The first kappa shape index (κ1) is 21.0. The molecule has 2 rings (SSSR count). The maximum absolute atomic E-state index is 13.8. The van der Waals surface area contributed by atoms with Gasteiger partial charge in [-0.3, -0.25) is 0 Å². The van der Waals surface area contributed by atoms with E-state index in [0.717, 1.165) is 0 Å². The summed E-state index contributed by atoms with van der Waals surface area (Å²) in [6, 6.07) is 4.30. The van der Waals surface area contributed by atoms with Gasteiger partial charge in [0.1, 0.15) is 6.33 Å². The molecule has 1 aromatic carbocycles. The summed E-state index contributed by atoms with van der Waals surface area (Å²) in [4.78, 5) is 3.98. The minimum atomic E-state index is -1.07. The number of nitrogens with zero attached hydrogens (tertiary/aromatic N) is 3. The van der Waals surface area contributed by atoms with Crippen LogP contribution in [-0.4, -0.2) is 32.1 Å². The van der Waals surface area contributed by atoms with E-state index in [1.807, 2.05) is 27.7 Å². The average Bonchev–Trinajstić information content (AvgIpc) is 2.90. The van der Waals surface area contributed by atoms with Crippen LogP contribution in [0, 0.1) is 17.2 Å². The molecule has 0 saturated heterocycles. The Balaban J connectivity index is 2.06. The van der Waals surface area contributed by atoms with Crippen molar-refractivity contribution < 1.29 is 14.2 Å². The highest BCUT2D eigenvalue weighted by Crippen LogP contribution is 2.37. The third-order valence-corrected chi connectivity index (χ3v) is 5.09. The maximum atomic E-state index is 13.8. The van der Waals surface area contributed by atoms with E-state index in [2.05, 4.69) is 22.7 Å². The summed E-state index contributed by atoms with van der Waals surface area (Å²) < 4.78 is 21.0. The van der Waals surface area contributed by atoms with Crippen LogP contribution in [0.5, 0.6) is 5.75 Å². The second kappa shape index (κ2) is 8.15. The molecule has 0 radical (unpaired) electrons. The molecule has 0 aliphatic heterocycles. The topological polar surface area (TPSA) is 60.2 Å². The van der Waals surface area contributed by atoms with Crippen molar-refractivity contribution in [1.82, 2.24) is 14.8 Å². The van der Waals surface area contributed by atoms with Gasteiger partial charge in [0, 0.05) is 5.02 Å². The first-order valence-electron chi connectivity index (χ1n) is 8.39. The zero-order valence-corrected chi connectivity index (χ0v) is 17.1. The Labute approximate surface area is 163 Å². The Hall–Kier alpha value is -1.31. The quantitative estimate of drug-likeness (QED) is 0.681. The second-order valence-corrected chi connectivity index (χ2v) is 8.53. The van der Waals surface area contributed by atoms with Crippen LogP contribution in [0.15, 0.2) is 29.7 Å². The fourth-order valence-corrected chi connectivity index (χ4v) is 3.02. The molecule has 5 nitrogen and oxygen atoms in total. The van der Waals surface area contributed by atoms with Crippen LogP contribution < -0.4 is 4.74 Å². The summed E-state index contributed by atoms with van der Waals surface area (Å²) in [5.41, 5.74) is -1.49. The Bertz CT molecular complexity index is 750. The lowest BCUT2D eigenvalue weighted by molar-refractivity contribution is -0.0932. The highest BCUT2D eigenvalue weighted by Gasteiger charge is 2.42. The number of hydrogen-bond acceptors (Lipinski definition) is 5. The van der Waals surface area contributed by atoms with E-state index < -0.39 is 16.8 Å².